The number of hydrogen-bond acceptors (Lipinski definition) is 1. The molecule has 74 valence electrons. The summed E-state index contributed by atoms with van der Waals surface area (Å²) in [5, 5.41) is 8.79. The Morgan fingerprint density at radius 1 is 1.43 bits per heavy atom. The first-order valence-corrected chi connectivity index (χ1v) is 5.17. The summed E-state index contributed by atoms with van der Waals surface area (Å²) in [4.78, 5) is 0. The average molecular weight is 187 g/mol. The standard InChI is InChI=1S/C13H17N/c1-4-10(2)7-13-8-12(9-14)6-5-11(13)3/h5-6,8,10H,4,7H2,1-3H3. The van der Waals surface area contributed by atoms with Crippen molar-refractivity contribution in [2.75, 3.05) is 0 Å². The second kappa shape index (κ2) is 4.81. The first-order chi connectivity index (χ1) is 6.67. The van der Waals surface area contributed by atoms with Gasteiger partial charge in [0.15, 0.2) is 0 Å². The molecule has 0 fully saturated rings. The number of hydrogen-bond donors (Lipinski definition) is 0. The van der Waals surface area contributed by atoms with Gasteiger partial charge in [-0.3, -0.25) is 0 Å². The topological polar surface area (TPSA) is 23.8 Å². The Kier molecular flexibility index (Phi) is 3.71. The monoisotopic (exact) mass is 187 g/mol. The van der Waals surface area contributed by atoms with Crippen LogP contribution in [0.2, 0.25) is 0 Å². The van der Waals surface area contributed by atoms with E-state index in [1.807, 2.05) is 18.2 Å². The van der Waals surface area contributed by atoms with Crippen LogP contribution >= 0.6 is 0 Å². The first kappa shape index (κ1) is 10.8. The summed E-state index contributed by atoms with van der Waals surface area (Å²) < 4.78 is 0. The molecule has 0 heterocycles. The third-order valence-corrected chi connectivity index (χ3v) is 2.74. The normalized spacial score (nSPS) is 12.1. The van der Waals surface area contributed by atoms with Crippen LogP contribution in [0.4, 0.5) is 0 Å². The van der Waals surface area contributed by atoms with Crippen molar-refractivity contribution in [2.45, 2.75) is 33.6 Å². The van der Waals surface area contributed by atoms with Gasteiger partial charge in [0.1, 0.15) is 0 Å². The maximum Gasteiger partial charge on any atom is 0.0991 e. The summed E-state index contributed by atoms with van der Waals surface area (Å²) in [7, 11) is 0. The van der Waals surface area contributed by atoms with Crippen LogP contribution in [0.15, 0.2) is 18.2 Å². The summed E-state index contributed by atoms with van der Waals surface area (Å²) >= 11 is 0. The Labute approximate surface area is 86.4 Å². The molecule has 1 rings (SSSR count). The summed E-state index contributed by atoms with van der Waals surface area (Å²) in [6, 6.07) is 8.12. The minimum absolute atomic E-state index is 0.697. The average Bonchev–Trinajstić information content (AvgIpc) is 2.21. The van der Waals surface area contributed by atoms with Crippen molar-refractivity contribution in [3.8, 4) is 6.07 Å². The van der Waals surface area contributed by atoms with Crippen LogP contribution in [0.5, 0.6) is 0 Å². The molecule has 0 saturated carbocycles. The van der Waals surface area contributed by atoms with E-state index in [0.29, 0.717) is 5.92 Å². The Morgan fingerprint density at radius 2 is 2.14 bits per heavy atom. The van der Waals surface area contributed by atoms with E-state index >= 15 is 0 Å². The molecule has 0 saturated heterocycles. The Morgan fingerprint density at radius 3 is 2.71 bits per heavy atom. The van der Waals surface area contributed by atoms with Crippen LogP contribution in [0, 0.1) is 24.2 Å². The lowest BCUT2D eigenvalue weighted by molar-refractivity contribution is 0.559. The van der Waals surface area contributed by atoms with Gasteiger partial charge in [0, 0.05) is 0 Å². The van der Waals surface area contributed by atoms with E-state index in [4.69, 9.17) is 5.26 Å². The molecule has 0 amide bonds. The van der Waals surface area contributed by atoms with Gasteiger partial charge in [-0.2, -0.15) is 5.26 Å². The summed E-state index contributed by atoms with van der Waals surface area (Å²) in [6.45, 7) is 6.56. The highest BCUT2D eigenvalue weighted by Gasteiger charge is 2.04. The van der Waals surface area contributed by atoms with Gasteiger partial charge in [0.2, 0.25) is 0 Å². The molecular weight excluding hydrogens is 170 g/mol. The van der Waals surface area contributed by atoms with E-state index in [1.165, 1.54) is 17.5 Å². The van der Waals surface area contributed by atoms with Crippen molar-refractivity contribution in [1.82, 2.24) is 0 Å². The van der Waals surface area contributed by atoms with E-state index in [2.05, 4.69) is 26.8 Å². The van der Waals surface area contributed by atoms with E-state index in [9.17, 15) is 0 Å². The van der Waals surface area contributed by atoms with Crippen LogP contribution in [-0.4, -0.2) is 0 Å². The lowest BCUT2D eigenvalue weighted by Crippen LogP contribution is -2.00. The molecule has 14 heavy (non-hydrogen) atoms. The molecule has 0 N–H and O–H groups in total. The summed E-state index contributed by atoms with van der Waals surface area (Å²) in [5.41, 5.74) is 3.39. The molecule has 0 aromatic heterocycles. The fourth-order valence-corrected chi connectivity index (χ4v) is 1.48. The van der Waals surface area contributed by atoms with Crippen molar-refractivity contribution in [3.05, 3.63) is 34.9 Å². The summed E-state index contributed by atoms with van der Waals surface area (Å²) in [5.74, 6) is 0.697. The van der Waals surface area contributed by atoms with Gasteiger partial charge in [-0.15, -0.1) is 0 Å². The van der Waals surface area contributed by atoms with Crippen LogP contribution in [0.25, 0.3) is 0 Å². The molecule has 0 bridgehead atoms. The maximum absolute atomic E-state index is 8.79. The molecule has 0 aliphatic carbocycles. The number of nitriles is 1. The van der Waals surface area contributed by atoms with Crippen molar-refractivity contribution in [2.24, 2.45) is 5.92 Å². The molecular formula is C13H17N. The molecule has 1 aromatic carbocycles. The molecule has 0 spiro atoms. The molecule has 1 unspecified atom stereocenters. The quantitative estimate of drug-likeness (QED) is 0.711. The molecule has 0 aliphatic heterocycles. The van der Waals surface area contributed by atoms with Crippen molar-refractivity contribution < 1.29 is 0 Å². The second-order valence-electron chi connectivity index (χ2n) is 3.97. The van der Waals surface area contributed by atoms with Crippen LogP contribution in [0.3, 0.4) is 0 Å². The van der Waals surface area contributed by atoms with Crippen molar-refractivity contribution in [1.29, 1.82) is 5.26 Å². The number of aryl methyl sites for hydroxylation is 1. The third kappa shape index (κ3) is 2.60. The molecule has 0 radical (unpaired) electrons. The highest BCUT2D eigenvalue weighted by Crippen LogP contribution is 2.16. The van der Waals surface area contributed by atoms with Gasteiger partial charge in [-0.1, -0.05) is 26.3 Å². The molecule has 1 aromatic rings. The number of nitrogens with zero attached hydrogens (tertiary/aromatic N) is 1. The molecule has 1 heteroatoms. The van der Waals surface area contributed by atoms with Gasteiger partial charge >= 0.3 is 0 Å². The lowest BCUT2D eigenvalue weighted by Gasteiger charge is -2.11. The van der Waals surface area contributed by atoms with Crippen molar-refractivity contribution in [3.63, 3.8) is 0 Å². The van der Waals surface area contributed by atoms with Gasteiger partial charge in [0.25, 0.3) is 0 Å². The zero-order valence-electron chi connectivity index (χ0n) is 9.17. The number of benzene rings is 1. The molecule has 1 nitrogen and oxygen atoms in total. The highest BCUT2D eigenvalue weighted by molar-refractivity contribution is 5.37. The van der Waals surface area contributed by atoms with Gasteiger partial charge in [0.05, 0.1) is 11.6 Å². The zero-order valence-corrected chi connectivity index (χ0v) is 9.17. The van der Waals surface area contributed by atoms with Gasteiger partial charge in [-0.05, 0) is 42.5 Å². The second-order valence-corrected chi connectivity index (χ2v) is 3.97. The third-order valence-electron chi connectivity index (χ3n) is 2.74. The predicted octanol–water partition coefficient (Wildman–Crippen LogP) is 3.46. The Balaban J connectivity index is 2.90. The smallest absolute Gasteiger partial charge is 0.0991 e. The maximum atomic E-state index is 8.79. The SMILES string of the molecule is CCC(C)Cc1cc(C#N)ccc1C. The van der Waals surface area contributed by atoms with E-state index in [-0.39, 0.29) is 0 Å². The van der Waals surface area contributed by atoms with Gasteiger partial charge < -0.3 is 0 Å². The fraction of sp³-hybridized carbons (Fsp3) is 0.462. The highest BCUT2D eigenvalue weighted by atomic mass is 14.2. The van der Waals surface area contributed by atoms with E-state index in [1.54, 1.807) is 0 Å². The summed E-state index contributed by atoms with van der Waals surface area (Å²) in [6.07, 6.45) is 2.27. The largest absolute Gasteiger partial charge is 0.192 e. The molecule has 1 atom stereocenters. The minimum Gasteiger partial charge on any atom is -0.192 e. The molecule has 0 aliphatic rings. The van der Waals surface area contributed by atoms with Crippen LogP contribution in [-0.2, 0) is 6.42 Å². The Bertz CT molecular complexity index is 347. The lowest BCUT2D eigenvalue weighted by atomic mass is 9.94. The predicted molar refractivity (Wildman–Crippen MR) is 59.1 cm³/mol. The van der Waals surface area contributed by atoms with Gasteiger partial charge in [-0.25, -0.2) is 0 Å². The fourth-order valence-electron chi connectivity index (χ4n) is 1.48. The van der Waals surface area contributed by atoms with Crippen molar-refractivity contribution >= 4 is 0 Å². The van der Waals surface area contributed by atoms with Crippen LogP contribution < -0.4 is 0 Å². The minimum atomic E-state index is 0.697. The van der Waals surface area contributed by atoms with Crippen LogP contribution in [0.1, 0.15) is 37.0 Å². The zero-order chi connectivity index (χ0) is 10.6. The van der Waals surface area contributed by atoms with E-state index < -0.39 is 0 Å². The van der Waals surface area contributed by atoms with E-state index in [0.717, 1.165) is 12.0 Å². The first-order valence-electron chi connectivity index (χ1n) is 5.17. The Hall–Kier alpha value is -1.29. The number of rotatable bonds is 3.